The van der Waals surface area contributed by atoms with E-state index in [2.05, 4.69) is 0 Å². The van der Waals surface area contributed by atoms with Crippen LogP contribution in [0.2, 0.25) is 0 Å². The van der Waals surface area contributed by atoms with E-state index < -0.39 is 7.82 Å². The first kappa shape index (κ1) is 10.7. The zero-order valence-electron chi connectivity index (χ0n) is 4.20. The third-order valence-electron chi connectivity index (χ3n) is 0. The molecule has 36 valence electrons. The smallest absolute Gasteiger partial charge is 1.00 e. The average molecular weight is 141 g/mol. The summed E-state index contributed by atoms with van der Waals surface area (Å²) in [6.45, 7) is 0. The largest absolute Gasteiger partial charge is 1.00 e. The molecule has 0 aliphatic rings. The van der Waals surface area contributed by atoms with Crippen molar-refractivity contribution in [1.82, 2.24) is 0 Å². The summed E-state index contributed by atoms with van der Waals surface area (Å²) in [4.78, 5) is 21.6. The Hall–Kier alpha value is 1.75. The Balaban J connectivity index is -0.0000000267. The summed E-state index contributed by atoms with van der Waals surface area (Å²) < 4.78 is 8.88. The Bertz CT molecular complexity index is 60.2. The predicted octanol–water partition coefficient (Wildman–Crippen LogP) is -3.57. The summed E-state index contributed by atoms with van der Waals surface area (Å²) in [5, 5.41) is 0. The number of hydrogen-bond donors (Lipinski definition) is 3. The molecule has 0 heterocycles. The van der Waals surface area contributed by atoms with Gasteiger partial charge in [-0.3, -0.25) is 0 Å². The van der Waals surface area contributed by atoms with Crippen LogP contribution in [0.3, 0.4) is 0 Å². The Morgan fingerprint density at radius 2 is 1.50 bits per heavy atom. The van der Waals surface area contributed by atoms with Gasteiger partial charge in [0, 0.05) is 1.43 Å². The quantitative estimate of drug-likeness (QED) is 0.241. The topological polar surface area (TPSA) is 77.8 Å². The molecule has 0 fully saturated rings. The van der Waals surface area contributed by atoms with Crippen LogP contribution in [-0.4, -0.2) is 14.7 Å². The number of hydrogen-bond acceptors (Lipinski definition) is 1. The average Bonchev–Trinajstić information content (AvgIpc) is 0.722. The van der Waals surface area contributed by atoms with Gasteiger partial charge in [0.25, 0.3) is 0 Å². The van der Waals surface area contributed by atoms with Crippen molar-refractivity contribution >= 4 is 7.82 Å². The number of rotatable bonds is 0. The first-order valence-electron chi connectivity index (χ1n) is 0.783. The zero-order chi connectivity index (χ0) is 4.50. The van der Waals surface area contributed by atoms with E-state index in [0.717, 1.165) is 0 Å². The van der Waals surface area contributed by atoms with Gasteiger partial charge in [0.05, 0.1) is 0 Å². The van der Waals surface area contributed by atoms with Gasteiger partial charge in [0.2, 0.25) is 0 Å². The second-order valence-corrected chi connectivity index (χ2v) is 1.54. The molecule has 6 heavy (non-hydrogen) atoms. The van der Waals surface area contributed by atoms with Gasteiger partial charge in [0.1, 0.15) is 0 Å². The Labute approximate surface area is 80.2 Å². The Morgan fingerprint density at radius 1 is 1.50 bits per heavy atom. The van der Waals surface area contributed by atoms with Gasteiger partial charge in [-0.2, -0.15) is 0 Å². The molecule has 0 aromatic rings. The van der Waals surface area contributed by atoms with Crippen molar-refractivity contribution in [2.45, 2.75) is 0 Å². The van der Waals surface area contributed by atoms with Crippen molar-refractivity contribution in [2.75, 3.05) is 0 Å². The van der Waals surface area contributed by atoms with Crippen LogP contribution in [0.25, 0.3) is 0 Å². The van der Waals surface area contributed by atoms with Crippen LogP contribution in [0.5, 0.6) is 0 Å². The maximum atomic E-state index is 8.88. The molecule has 0 radical (unpaired) electrons. The maximum absolute atomic E-state index is 8.88. The zero-order valence-corrected chi connectivity index (χ0v) is 7.21. The fraction of sp³-hybridized carbons (Fsp3) is 0. The molecular formula is H6KO4P. The van der Waals surface area contributed by atoms with E-state index in [1.807, 2.05) is 0 Å². The summed E-state index contributed by atoms with van der Waals surface area (Å²) in [7, 11) is -4.64. The minimum atomic E-state index is -4.64. The second-order valence-electron chi connectivity index (χ2n) is 0.513. The molecule has 0 amide bonds. The van der Waals surface area contributed by atoms with E-state index in [9.17, 15) is 0 Å². The summed E-state index contributed by atoms with van der Waals surface area (Å²) in [5.41, 5.74) is 0. The van der Waals surface area contributed by atoms with Gasteiger partial charge < -0.3 is 16.1 Å². The van der Waals surface area contributed by atoms with E-state index >= 15 is 0 Å². The molecule has 0 aliphatic carbocycles. The second kappa shape index (κ2) is 3.71. The molecule has 0 unspecified atom stereocenters. The van der Waals surface area contributed by atoms with Gasteiger partial charge in [-0.1, -0.05) is 0 Å². The Kier molecular flexibility index (Phi) is 6.61. The van der Waals surface area contributed by atoms with Crippen molar-refractivity contribution < 1.29 is 73.5 Å². The fourth-order valence-corrected chi connectivity index (χ4v) is 0. The van der Waals surface area contributed by atoms with Crippen molar-refractivity contribution in [3.05, 3.63) is 0 Å². The van der Waals surface area contributed by atoms with Crippen molar-refractivity contribution in [2.24, 2.45) is 0 Å². The van der Waals surface area contributed by atoms with Gasteiger partial charge in [-0.15, -0.1) is 0 Å². The standard InChI is InChI=1S/K.H3O4P.H2.H/c;1-5(2,3)4;;/h;(H3,1,2,3,4);1H;/q+1;;;-1/i;;1+1;. The SMILES string of the molecule is O=P(O)(O)O.[2HH].[H-].[K+]. The molecular weight excluding hydrogens is 134 g/mol. The maximum Gasteiger partial charge on any atom is 1.00 e. The van der Waals surface area contributed by atoms with Gasteiger partial charge >= 0.3 is 59.2 Å². The summed E-state index contributed by atoms with van der Waals surface area (Å²) in [5.74, 6) is 0. The fourth-order valence-electron chi connectivity index (χ4n) is 0. The predicted molar refractivity (Wildman–Crippen MR) is 17.5 cm³/mol. The van der Waals surface area contributed by atoms with Crippen molar-refractivity contribution in [3.63, 3.8) is 0 Å². The molecule has 0 spiro atoms. The molecule has 6 heteroatoms. The third-order valence-corrected chi connectivity index (χ3v) is 0. The van der Waals surface area contributed by atoms with Crippen LogP contribution in [0.1, 0.15) is 2.85 Å². The monoisotopic (exact) mass is 141 g/mol. The van der Waals surface area contributed by atoms with Crippen LogP contribution in [-0.2, 0) is 4.57 Å². The number of phosphoric acid groups is 1. The normalized spacial score (nSPS) is 9.83. The first-order valence-corrected chi connectivity index (χ1v) is 2.35. The van der Waals surface area contributed by atoms with Crippen molar-refractivity contribution in [1.29, 1.82) is 0 Å². The van der Waals surface area contributed by atoms with E-state index in [1.165, 1.54) is 0 Å². The van der Waals surface area contributed by atoms with Crippen LogP contribution in [0, 0.1) is 0 Å². The van der Waals surface area contributed by atoms with Gasteiger partial charge in [0.15, 0.2) is 0 Å². The molecule has 0 atom stereocenters. The molecule has 0 saturated heterocycles. The van der Waals surface area contributed by atoms with E-state index in [0.29, 0.717) is 0 Å². The van der Waals surface area contributed by atoms with Crippen LogP contribution in [0.15, 0.2) is 0 Å². The van der Waals surface area contributed by atoms with Gasteiger partial charge in [-0.25, -0.2) is 4.57 Å². The molecule has 0 rings (SSSR count). The van der Waals surface area contributed by atoms with Crippen LogP contribution in [0.4, 0.5) is 0 Å². The third kappa shape index (κ3) is 42.4. The summed E-state index contributed by atoms with van der Waals surface area (Å²) >= 11 is 0. The van der Waals surface area contributed by atoms with Crippen molar-refractivity contribution in [3.8, 4) is 0 Å². The van der Waals surface area contributed by atoms with E-state index in [1.54, 1.807) is 0 Å². The summed E-state index contributed by atoms with van der Waals surface area (Å²) in [6, 6.07) is 0. The summed E-state index contributed by atoms with van der Waals surface area (Å²) in [6.07, 6.45) is 0. The molecule has 3 N–H and O–H groups in total. The molecule has 0 saturated carbocycles. The van der Waals surface area contributed by atoms with Crippen LogP contribution < -0.4 is 51.4 Å². The molecule has 0 bridgehead atoms. The van der Waals surface area contributed by atoms with E-state index in [-0.39, 0.29) is 54.2 Å². The molecule has 0 aliphatic heterocycles. The minimum Gasteiger partial charge on any atom is -1.00 e. The van der Waals surface area contributed by atoms with E-state index in [4.69, 9.17) is 19.2 Å². The van der Waals surface area contributed by atoms with Gasteiger partial charge in [-0.05, 0) is 0 Å². The first-order chi connectivity index (χ1) is 2.00. The molecule has 0 aromatic heterocycles. The van der Waals surface area contributed by atoms with Crippen LogP contribution >= 0.6 is 7.82 Å². The Morgan fingerprint density at radius 3 is 1.50 bits per heavy atom. The minimum absolute atomic E-state index is 0. The molecule has 0 aromatic carbocycles. The molecule has 4 nitrogen and oxygen atoms in total.